The summed E-state index contributed by atoms with van der Waals surface area (Å²) in [7, 11) is 0. The third kappa shape index (κ3) is 21.0. The second kappa shape index (κ2) is 19.7. The van der Waals surface area contributed by atoms with Crippen LogP contribution in [-0.2, 0) is 0 Å². The number of ketones is 1. The minimum Gasteiger partial charge on any atom is -0.508 e. The van der Waals surface area contributed by atoms with E-state index >= 15 is 0 Å². The number of benzene rings is 1. The Morgan fingerprint density at radius 2 is 1.36 bits per heavy atom. The van der Waals surface area contributed by atoms with Crippen LogP contribution in [-0.4, -0.2) is 10.9 Å². The number of Topliss-reactive ketones (excluding diaryl/α,β-unsaturated/α-hetero) is 1. The van der Waals surface area contributed by atoms with Gasteiger partial charge in [-0.1, -0.05) is 74.1 Å². The second-order valence-electron chi connectivity index (χ2n) is 5.29. The number of phenols is 1. The number of unbranched alkanes of at least 4 members (excludes halogenated alkanes) is 1. The Bertz CT molecular complexity index is 324. The molecule has 0 aliphatic heterocycles. The van der Waals surface area contributed by atoms with Gasteiger partial charge in [0.2, 0.25) is 0 Å². The zero-order valence-corrected chi connectivity index (χ0v) is 16.1. The molecule has 0 aromatic heterocycles. The van der Waals surface area contributed by atoms with Gasteiger partial charge in [0.15, 0.2) is 5.78 Å². The molecule has 22 heavy (non-hydrogen) atoms. The van der Waals surface area contributed by atoms with Crippen LogP contribution in [0.2, 0.25) is 0 Å². The van der Waals surface area contributed by atoms with Crippen LogP contribution >= 0.6 is 0 Å². The van der Waals surface area contributed by atoms with Gasteiger partial charge in [0.1, 0.15) is 5.75 Å². The first-order valence-corrected chi connectivity index (χ1v) is 8.68. The first kappa shape index (κ1) is 25.6. The van der Waals surface area contributed by atoms with E-state index < -0.39 is 0 Å². The number of phenolic OH excluding ortho intramolecular Hbond substituents is 1. The summed E-state index contributed by atoms with van der Waals surface area (Å²) in [6, 6.07) is 6.18. The van der Waals surface area contributed by atoms with Crippen molar-refractivity contribution in [1.29, 1.82) is 0 Å². The molecule has 0 fully saturated rings. The van der Waals surface area contributed by atoms with E-state index in [4.69, 9.17) is 5.11 Å². The second-order valence-corrected chi connectivity index (χ2v) is 5.29. The molecule has 0 saturated carbocycles. The summed E-state index contributed by atoms with van der Waals surface area (Å²) in [4.78, 5) is 10.7. The van der Waals surface area contributed by atoms with E-state index in [0.29, 0.717) is 5.56 Å². The molecule has 130 valence electrons. The molecular formula is C20H38O2. The summed E-state index contributed by atoms with van der Waals surface area (Å²) < 4.78 is 0. The quantitative estimate of drug-likeness (QED) is 0.616. The maximum absolute atomic E-state index is 10.7. The van der Waals surface area contributed by atoms with Crippen LogP contribution in [0, 0.1) is 5.92 Å². The maximum Gasteiger partial charge on any atom is 0.159 e. The highest BCUT2D eigenvalue weighted by Gasteiger charge is 1.96. The molecule has 0 spiro atoms. The monoisotopic (exact) mass is 310 g/mol. The van der Waals surface area contributed by atoms with Gasteiger partial charge < -0.3 is 5.11 Å². The molecule has 0 atom stereocenters. The van der Waals surface area contributed by atoms with Gasteiger partial charge in [0.05, 0.1) is 0 Å². The molecule has 0 aliphatic rings. The molecule has 2 heteroatoms. The van der Waals surface area contributed by atoms with Crippen molar-refractivity contribution in [3.8, 4) is 5.75 Å². The molecule has 0 heterocycles. The summed E-state index contributed by atoms with van der Waals surface area (Å²) in [6.45, 7) is 16.6. The third-order valence-electron chi connectivity index (χ3n) is 2.64. The minimum atomic E-state index is 0.0139. The molecule has 0 bridgehead atoms. The zero-order valence-electron chi connectivity index (χ0n) is 16.1. The zero-order chi connectivity index (χ0) is 18.0. The third-order valence-corrected chi connectivity index (χ3v) is 2.64. The van der Waals surface area contributed by atoms with Crippen LogP contribution in [0.15, 0.2) is 24.3 Å². The molecule has 1 rings (SSSR count). The van der Waals surface area contributed by atoms with Crippen molar-refractivity contribution in [2.45, 2.75) is 81.1 Å². The van der Waals surface area contributed by atoms with Gasteiger partial charge in [-0.15, -0.1) is 0 Å². The number of hydrogen-bond donors (Lipinski definition) is 1. The van der Waals surface area contributed by atoms with Gasteiger partial charge in [-0.25, -0.2) is 0 Å². The van der Waals surface area contributed by atoms with Gasteiger partial charge in [-0.2, -0.15) is 0 Å². The minimum absolute atomic E-state index is 0.0139. The first-order chi connectivity index (χ1) is 10.4. The predicted octanol–water partition coefficient (Wildman–Crippen LogP) is 6.87. The van der Waals surface area contributed by atoms with Crippen molar-refractivity contribution < 1.29 is 9.90 Å². The largest absolute Gasteiger partial charge is 0.508 e. The lowest BCUT2D eigenvalue weighted by Gasteiger charge is -1.95. The lowest BCUT2D eigenvalue weighted by molar-refractivity contribution is 0.101. The van der Waals surface area contributed by atoms with Crippen LogP contribution in [0.4, 0.5) is 0 Å². The number of carbonyl (C=O) groups excluding carboxylic acids is 1. The summed E-state index contributed by atoms with van der Waals surface area (Å²) in [5, 5.41) is 8.83. The lowest BCUT2D eigenvalue weighted by atomic mass is 10.1. The van der Waals surface area contributed by atoms with Gasteiger partial charge in [0.25, 0.3) is 0 Å². The fourth-order valence-corrected chi connectivity index (χ4v) is 1.27. The van der Waals surface area contributed by atoms with Gasteiger partial charge in [-0.05, 0) is 37.1 Å². The molecule has 0 amide bonds. The van der Waals surface area contributed by atoms with E-state index in [1.54, 1.807) is 12.1 Å². The van der Waals surface area contributed by atoms with Gasteiger partial charge >= 0.3 is 0 Å². The van der Waals surface area contributed by atoms with Crippen LogP contribution in [0.1, 0.15) is 91.4 Å². The van der Waals surface area contributed by atoms with Crippen molar-refractivity contribution in [3.05, 3.63) is 29.8 Å². The molecule has 1 aromatic rings. The van der Waals surface area contributed by atoms with Crippen molar-refractivity contribution >= 4 is 5.78 Å². The molecule has 0 aliphatic carbocycles. The molecule has 1 aromatic carbocycles. The van der Waals surface area contributed by atoms with E-state index in [1.807, 2.05) is 13.8 Å². The van der Waals surface area contributed by atoms with Crippen LogP contribution in [0.3, 0.4) is 0 Å². The molecule has 1 N–H and O–H groups in total. The summed E-state index contributed by atoms with van der Waals surface area (Å²) in [6.07, 6.45) is 5.34. The van der Waals surface area contributed by atoms with E-state index in [2.05, 4.69) is 34.6 Å². The van der Waals surface area contributed by atoms with E-state index in [9.17, 15) is 4.79 Å². The molecular weight excluding hydrogens is 272 g/mol. The fraction of sp³-hybridized carbons (Fsp3) is 0.650. The maximum atomic E-state index is 10.7. The van der Waals surface area contributed by atoms with Crippen molar-refractivity contribution in [2.75, 3.05) is 0 Å². The average molecular weight is 311 g/mol. The van der Waals surface area contributed by atoms with Crippen molar-refractivity contribution in [1.82, 2.24) is 0 Å². The molecule has 0 radical (unpaired) electrons. The first-order valence-electron chi connectivity index (χ1n) is 8.68. The van der Waals surface area contributed by atoms with Crippen molar-refractivity contribution in [3.63, 3.8) is 0 Å². The van der Waals surface area contributed by atoms with E-state index in [-0.39, 0.29) is 11.5 Å². The van der Waals surface area contributed by atoms with Crippen molar-refractivity contribution in [2.24, 2.45) is 5.92 Å². The Labute approximate surface area is 139 Å². The molecule has 2 nitrogen and oxygen atoms in total. The topological polar surface area (TPSA) is 37.3 Å². The highest BCUT2D eigenvalue weighted by atomic mass is 16.3. The summed E-state index contributed by atoms with van der Waals surface area (Å²) in [5.74, 6) is 1.10. The lowest BCUT2D eigenvalue weighted by Crippen LogP contribution is -1.89. The Morgan fingerprint density at radius 3 is 1.55 bits per heavy atom. The number of carbonyl (C=O) groups is 1. The predicted molar refractivity (Wildman–Crippen MR) is 99.8 cm³/mol. The van der Waals surface area contributed by atoms with Crippen LogP contribution < -0.4 is 0 Å². The SMILES string of the molecule is CC.CC(=O)c1ccc(O)cc1.CCCC.CCCC(C)C. The number of rotatable bonds is 4. The Kier molecular flexibility index (Phi) is 22.9. The van der Waals surface area contributed by atoms with Gasteiger partial charge in [0, 0.05) is 5.56 Å². The standard InChI is InChI=1S/C8H8O2.C6H14.C4H10.C2H6/c1-6(9)7-2-4-8(10)5-3-7;1-4-5-6(2)3;1-3-4-2;1-2/h2-5,10H,1H3;6H,4-5H2,1-3H3;3-4H2,1-2H3;1-2H3. The Morgan fingerprint density at radius 1 is 0.955 bits per heavy atom. The number of aromatic hydroxyl groups is 1. The average Bonchev–Trinajstić information content (AvgIpc) is 2.50. The fourth-order valence-electron chi connectivity index (χ4n) is 1.27. The number of hydrogen-bond acceptors (Lipinski definition) is 2. The van der Waals surface area contributed by atoms with Crippen LogP contribution in [0.25, 0.3) is 0 Å². The van der Waals surface area contributed by atoms with Gasteiger partial charge in [-0.3, -0.25) is 4.79 Å². The van der Waals surface area contributed by atoms with E-state index in [1.165, 1.54) is 44.7 Å². The Hall–Kier alpha value is -1.31. The van der Waals surface area contributed by atoms with Crippen LogP contribution in [0.5, 0.6) is 5.75 Å². The highest BCUT2D eigenvalue weighted by Crippen LogP contribution is 2.09. The summed E-state index contributed by atoms with van der Waals surface area (Å²) in [5.41, 5.74) is 0.623. The normalized spacial score (nSPS) is 8.59. The molecule has 0 saturated heterocycles. The smallest absolute Gasteiger partial charge is 0.159 e. The molecule has 0 unspecified atom stereocenters. The summed E-state index contributed by atoms with van der Waals surface area (Å²) >= 11 is 0. The van der Waals surface area contributed by atoms with E-state index in [0.717, 1.165) is 5.92 Å². The Balaban J connectivity index is -0.000000259. The highest BCUT2D eigenvalue weighted by molar-refractivity contribution is 5.94.